The van der Waals surface area contributed by atoms with Crippen LogP contribution in [0.5, 0.6) is 0 Å². The zero-order valence-corrected chi connectivity index (χ0v) is 16.7. The highest BCUT2D eigenvalue weighted by molar-refractivity contribution is 5.22. The number of aromatic nitrogens is 4. The van der Waals surface area contributed by atoms with Crippen molar-refractivity contribution in [1.29, 1.82) is 0 Å². The number of hydrogen-bond donors (Lipinski definition) is 0. The summed E-state index contributed by atoms with van der Waals surface area (Å²) in [6.07, 6.45) is 11.4. The molecule has 28 heavy (non-hydrogen) atoms. The van der Waals surface area contributed by atoms with E-state index in [1.54, 1.807) is 0 Å². The molecule has 3 aromatic rings. The lowest BCUT2D eigenvalue weighted by molar-refractivity contribution is 0.227. The molecule has 5 heteroatoms. The van der Waals surface area contributed by atoms with Gasteiger partial charge in [-0.25, -0.2) is 9.97 Å². The number of rotatable bonds is 5. The Bertz CT molecular complexity index is 939. The largest absolute Gasteiger partial charge is 0.334 e. The topological polar surface area (TPSA) is 38.9 Å². The van der Waals surface area contributed by atoms with Crippen molar-refractivity contribution in [2.24, 2.45) is 7.05 Å². The fraction of sp³-hybridized carbons (Fsp3) is 0.478. The molecule has 0 radical (unpaired) electrons. The molecule has 1 aromatic carbocycles. The van der Waals surface area contributed by atoms with Gasteiger partial charge in [0, 0.05) is 31.7 Å². The zero-order valence-electron chi connectivity index (χ0n) is 16.7. The van der Waals surface area contributed by atoms with E-state index in [1.807, 2.05) is 6.20 Å². The first kappa shape index (κ1) is 17.7. The maximum atomic E-state index is 5.10. The van der Waals surface area contributed by atoms with Gasteiger partial charge >= 0.3 is 0 Å². The van der Waals surface area contributed by atoms with Gasteiger partial charge in [0.15, 0.2) is 0 Å². The van der Waals surface area contributed by atoms with Crippen LogP contribution in [0, 0.1) is 0 Å². The van der Waals surface area contributed by atoms with Gasteiger partial charge in [-0.15, -0.1) is 0 Å². The lowest BCUT2D eigenvalue weighted by atomic mass is 10.0. The fourth-order valence-corrected chi connectivity index (χ4v) is 4.91. The second kappa shape index (κ2) is 7.55. The van der Waals surface area contributed by atoms with Gasteiger partial charge in [0.1, 0.15) is 11.6 Å². The fourth-order valence-electron chi connectivity index (χ4n) is 4.91. The first-order valence-electron chi connectivity index (χ1n) is 10.6. The van der Waals surface area contributed by atoms with Crippen LogP contribution >= 0.6 is 0 Å². The maximum Gasteiger partial charge on any atom is 0.126 e. The molecule has 1 aliphatic heterocycles. The number of aryl methyl sites for hydroxylation is 1. The van der Waals surface area contributed by atoms with Crippen molar-refractivity contribution in [3.8, 4) is 0 Å². The van der Waals surface area contributed by atoms with Gasteiger partial charge in [0.05, 0.1) is 18.3 Å². The molecule has 1 aliphatic carbocycles. The van der Waals surface area contributed by atoms with Crippen molar-refractivity contribution in [2.45, 2.75) is 57.7 Å². The number of fused-ring (bicyclic) bond motifs is 1. The van der Waals surface area contributed by atoms with Gasteiger partial charge in [0.2, 0.25) is 0 Å². The number of likely N-dealkylation sites (tertiary alicyclic amines) is 1. The Kier molecular flexibility index (Phi) is 4.77. The minimum absolute atomic E-state index is 0.414. The van der Waals surface area contributed by atoms with Crippen LogP contribution in [0.25, 0.3) is 0 Å². The summed E-state index contributed by atoms with van der Waals surface area (Å²) in [4.78, 5) is 12.4. The summed E-state index contributed by atoms with van der Waals surface area (Å²) < 4.78 is 4.68. The normalized spacial score (nSPS) is 19.8. The van der Waals surface area contributed by atoms with Crippen molar-refractivity contribution in [3.63, 3.8) is 0 Å². The van der Waals surface area contributed by atoms with E-state index in [-0.39, 0.29) is 0 Å². The molecule has 2 aromatic heterocycles. The molecule has 1 atom stereocenters. The molecule has 146 valence electrons. The summed E-state index contributed by atoms with van der Waals surface area (Å²) in [5.41, 5.74) is 4.14. The van der Waals surface area contributed by atoms with E-state index in [0.29, 0.717) is 6.04 Å². The Hall–Kier alpha value is -2.40. The molecule has 5 rings (SSSR count). The average molecular weight is 376 g/mol. The molecule has 1 fully saturated rings. The summed E-state index contributed by atoms with van der Waals surface area (Å²) in [6.45, 7) is 2.90. The number of benzene rings is 1. The van der Waals surface area contributed by atoms with Crippen LogP contribution in [0.1, 0.15) is 60.3 Å². The second-order valence-corrected chi connectivity index (χ2v) is 8.21. The first-order chi connectivity index (χ1) is 13.8. The third kappa shape index (κ3) is 3.28. The van der Waals surface area contributed by atoms with Crippen LogP contribution in [0.15, 0.2) is 42.7 Å². The highest BCUT2D eigenvalue weighted by Crippen LogP contribution is 2.34. The molecule has 0 unspecified atom stereocenters. The maximum absolute atomic E-state index is 5.10. The second-order valence-electron chi connectivity index (χ2n) is 8.21. The van der Waals surface area contributed by atoms with Gasteiger partial charge < -0.3 is 9.13 Å². The highest BCUT2D eigenvalue weighted by atomic mass is 15.3. The SMILES string of the molecule is Cn1c([C@@H]2CCCN2Cc2nccn2Cc2ccccc2)nc2c1CCCC2. The van der Waals surface area contributed by atoms with Crippen molar-refractivity contribution < 1.29 is 0 Å². The summed E-state index contributed by atoms with van der Waals surface area (Å²) in [7, 11) is 2.22. The van der Waals surface area contributed by atoms with Crippen LogP contribution in [0.4, 0.5) is 0 Å². The smallest absolute Gasteiger partial charge is 0.126 e. The van der Waals surface area contributed by atoms with Gasteiger partial charge in [-0.3, -0.25) is 4.90 Å². The van der Waals surface area contributed by atoms with Crippen molar-refractivity contribution >= 4 is 0 Å². The van der Waals surface area contributed by atoms with Crippen LogP contribution in [-0.4, -0.2) is 30.5 Å². The molecule has 0 saturated carbocycles. The molecule has 3 heterocycles. The van der Waals surface area contributed by atoms with Crippen molar-refractivity contribution in [3.05, 3.63) is 71.3 Å². The molecule has 0 spiro atoms. The third-order valence-electron chi connectivity index (χ3n) is 6.41. The summed E-state index contributed by atoms with van der Waals surface area (Å²) in [5, 5.41) is 0. The van der Waals surface area contributed by atoms with Gasteiger partial charge in [-0.05, 0) is 50.6 Å². The molecule has 0 bridgehead atoms. The number of imidazole rings is 2. The van der Waals surface area contributed by atoms with E-state index in [1.165, 1.54) is 54.9 Å². The van der Waals surface area contributed by atoms with Gasteiger partial charge in [0.25, 0.3) is 0 Å². The van der Waals surface area contributed by atoms with E-state index >= 15 is 0 Å². The molecule has 0 amide bonds. The van der Waals surface area contributed by atoms with E-state index in [9.17, 15) is 0 Å². The van der Waals surface area contributed by atoms with Gasteiger partial charge in [-0.2, -0.15) is 0 Å². The lowest BCUT2D eigenvalue weighted by Gasteiger charge is -2.24. The molecular formula is C23H29N5. The van der Waals surface area contributed by atoms with Crippen LogP contribution < -0.4 is 0 Å². The molecule has 0 N–H and O–H groups in total. The van der Waals surface area contributed by atoms with Crippen LogP contribution in [0.3, 0.4) is 0 Å². The quantitative estimate of drug-likeness (QED) is 0.679. The predicted molar refractivity (Wildman–Crippen MR) is 110 cm³/mol. The lowest BCUT2D eigenvalue weighted by Crippen LogP contribution is -2.26. The Morgan fingerprint density at radius 3 is 2.75 bits per heavy atom. The van der Waals surface area contributed by atoms with Gasteiger partial charge in [-0.1, -0.05) is 30.3 Å². The minimum atomic E-state index is 0.414. The van der Waals surface area contributed by atoms with E-state index in [4.69, 9.17) is 4.98 Å². The van der Waals surface area contributed by atoms with Crippen molar-refractivity contribution in [2.75, 3.05) is 6.54 Å². The zero-order chi connectivity index (χ0) is 18.9. The Morgan fingerprint density at radius 1 is 1.04 bits per heavy atom. The monoisotopic (exact) mass is 375 g/mol. The van der Waals surface area contributed by atoms with Crippen LogP contribution in [0.2, 0.25) is 0 Å². The predicted octanol–water partition coefficient (Wildman–Crippen LogP) is 3.88. The average Bonchev–Trinajstić information content (AvgIpc) is 3.44. The molecular weight excluding hydrogens is 346 g/mol. The van der Waals surface area contributed by atoms with Crippen LogP contribution in [-0.2, 0) is 33.0 Å². The Balaban J connectivity index is 1.36. The molecule has 2 aliphatic rings. The Morgan fingerprint density at radius 2 is 1.89 bits per heavy atom. The van der Waals surface area contributed by atoms with E-state index < -0.39 is 0 Å². The summed E-state index contributed by atoms with van der Waals surface area (Å²) in [5.74, 6) is 2.42. The molecule has 1 saturated heterocycles. The number of hydrogen-bond acceptors (Lipinski definition) is 3. The summed E-state index contributed by atoms with van der Waals surface area (Å²) in [6, 6.07) is 11.1. The standard InChI is InChI=1S/C23H29N5/c1-26-20-11-6-5-10-19(20)25-23(26)21-12-7-14-27(21)17-22-24-13-15-28(22)16-18-8-3-2-4-9-18/h2-4,8-9,13,15,21H,5-7,10-12,14,16-17H2,1H3/t21-/m0/s1. The first-order valence-corrected chi connectivity index (χ1v) is 10.6. The minimum Gasteiger partial charge on any atom is -0.334 e. The van der Waals surface area contributed by atoms with E-state index in [0.717, 1.165) is 31.9 Å². The van der Waals surface area contributed by atoms with E-state index in [2.05, 4.69) is 62.6 Å². The highest BCUT2D eigenvalue weighted by Gasteiger charge is 2.32. The number of nitrogens with zero attached hydrogens (tertiary/aromatic N) is 5. The third-order valence-corrected chi connectivity index (χ3v) is 6.41. The van der Waals surface area contributed by atoms with Crippen molar-refractivity contribution in [1.82, 2.24) is 24.0 Å². The Labute approximate surface area is 167 Å². The molecule has 5 nitrogen and oxygen atoms in total. The summed E-state index contributed by atoms with van der Waals surface area (Å²) >= 11 is 0.